The Balaban J connectivity index is 1.69. The highest BCUT2D eigenvalue weighted by Crippen LogP contribution is 2.35. The Bertz CT molecular complexity index is 1090. The molecule has 0 atom stereocenters. The lowest BCUT2D eigenvalue weighted by molar-refractivity contribution is -0.182. The summed E-state index contributed by atoms with van der Waals surface area (Å²) in [4.78, 5) is 12.1. The first-order valence-electron chi connectivity index (χ1n) is 9.29. The summed E-state index contributed by atoms with van der Waals surface area (Å²) in [5, 5.41) is 5.58. The smallest absolute Gasteiger partial charge is 0.321 e. The molecule has 0 aliphatic carbocycles. The Kier molecular flexibility index (Phi) is 6.30. The van der Waals surface area contributed by atoms with Gasteiger partial charge in [0.1, 0.15) is 5.69 Å². The van der Waals surface area contributed by atoms with Crippen LogP contribution in [-0.4, -0.2) is 47.7 Å². The number of amides is 1. The standard InChI is InChI=1S/C18H18F6N4O3S/c1-27-14(10-15(26-27)18(22,23)24)16(29)25-12-2-4-13(5-3-12)32(30,31)28-8-6-11(7-9-28)17(19,20)21/h2-5,10-11H,6-9H2,1H3,(H,25,29). The predicted octanol–water partition coefficient (Wildman–Crippen LogP) is 3.65. The SMILES string of the molecule is Cn1nc(C(F)(F)F)cc1C(=O)Nc1ccc(S(=O)(=O)N2CCC(C(F)(F)F)CC2)cc1. The van der Waals surface area contributed by atoms with Gasteiger partial charge in [-0.1, -0.05) is 0 Å². The zero-order chi connectivity index (χ0) is 23.9. The van der Waals surface area contributed by atoms with Gasteiger partial charge in [0.25, 0.3) is 5.91 Å². The lowest BCUT2D eigenvalue weighted by atomic mass is 9.98. The molecular formula is C18H18F6N4O3S. The van der Waals surface area contributed by atoms with Crippen LogP contribution in [-0.2, 0) is 23.2 Å². The van der Waals surface area contributed by atoms with Crippen LogP contribution < -0.4 is 5.32 Å². The fraction of sp³-hybridized carbons (Fsp3) is 0.444. The number of carbonyl (C=O) groups excluding carboxylic acids is 1. The van der Waals surface area contributed by atoms with Crippen LogP contribution in [0.3, 0.4) is 0 Å². The monoisotopic (exact) mass is 484 g/mol. The second kappa shape index (κ2) is 8.39. The van der Waals surface area contributed by atoms with Crippen molar-refractivity contribution in [3.63, 3.8) is 0 Å². The molecule has 1 fully saturated rings. The molecule has 0 radical (unpaired) electrons. The summed E-state index contributed by atoms with van der Waals surface area (Å²) in [7, 11) is -2.87. The van der Waals surface area contributed by atoms with Crippen molar-refractivity contribution in [2.75, 3.05) is 18.4 Å². The molecule has 176 valence electrons. The summed E-state index contributed by atoms with van der Waals surface area (Å²) in [6.45, 7) is -0.542. The van der Waals surface area contributed by atoms with Crippen LogP contribution in [0.2, 0.25) is 0 Å². The number of rotatable bonds is 4. The Morgan fingerprint density at radius 1 is 1.06 bits per heavy atom. The van der Waals surface area contributed by atoms with Gasteiger partial charge in [0.05, 0.1) is 10.8 Å². The molecule has 1 N–H and O–H groups in total. The van der Waals surface area contributed by atoms with Gasteiger partial charge >= 0.3 is 12.4 Å². The van der Waals surface area contributed by atoms with Crippen LogP contribution in [0.15, 0.2) is 35.2 Å². The average Bonchev–Trinajstić information content (AvgIpc) is 3.10. The topological polar surface area (TPSA) is 84.3 Å². The van der Waals surface area contributed by atoms with Crippen molar-refractivity contribution in [2.24, 2.45) is 13.0 Å². The molecule has 1 amide bonds. The molecule has 0 unspecified atom stereocenters. The first-order valence-corrected chi connectivity index (χ1v) is 10.7. The fourth-order valence-electron chi connectivity index (χ4n) is 3.30. The molecule has 1 aliphatic rings. The number of benzene rings is 1. The lowest BCUT2D eigenvalue weighted by Gasteiger charge is -2.32. The van der Waals surface area contributed by atoms with E-state index in [0.29, 0.717) is 6.07 Å². The fourth-order valence-corrected chi connectivity index (χ4v) is 4.77. The molecule has 1 saturated heterocycles. The molecule has 32 heavy (non-hydrogen) atoms. The molecule has 0 saturated carbocycles. The van der Waals surface area contributed by atoms with Crippen LogP contribution in [0.4, 0.5) is 32.0 Å². The van der Waals surface area contributed by atoms with Gasteiger partial charge in [-0.05, 0) is 37.1 Å². The third-order valence-corrected chi connectivity index (χ3v) is 6.98. The summed E-state index contributed by atoms with van der Waals surface area (Å²) in [5.74, 6) is -2.43. The van der Waals surface area contributed by atoms with Crippen LogP contribution in [0.25, 0.3) is 0 Å². The second-order valence-electron chi connectivity index (χ2n) is 7.23. The first-order chi connectivity index (χ1) is 14.7. The van der Waals surface area contributed by atoms with Gasteiger partial charge in [-0.25, -0.2) is 8.42 Å². The highest BCUT2D eigenvalue weighted by Gasteiger charge is 2.43. The minimum absolute atomic E-state index is 0.111. The zero-order valence-electron chi connectivity index (χ0n) is 16.5. The van der Waals surface area contributed by atoms with Crippen molar-refractivity contribution in [1.29, 1.82) is 0 Å². The molecule has 7 nitrogen and oxygen atoms in total. The van der Waals surface area contributed by atoms with E-state index in [1.807, 2.05) is 0 Å². The van der Waals surface area contributed by atoms with E-state index in [1.165, 1.54) is 19.2 Å². The van der Waals surface area contributed by atoms with Gasteiger partial charge in [0, 0.05) is 31.9 Å². The number of nitrogens with one attached hydrogen (secondary N) is 1. The summed E-state index contributed by atoms with van der Waals surface area (Å²) >= 11 is 0. The number of sulfonamides is 1. The number of piperidine rings is 1. The number of hydrogen-bond acceptors (Lipinski definition) is 4. The molecule has 1 aliphatic heterocycles. The lowest BCUT2D eigenvalue weighted by Crippen LogP contribution is -2.42. The van der Waals surface area contributed by atoms with Crippen molar-refractivity contribution in [3.8, 4) is 0 Å². The van der Waals surface area contributed by atoms with Gasteiger partial charge < -0.3 is 5.32 Å². The van der Waals surface area contributed by atoms with Gasteiger partial charge in [-0.2, -0.15) is 35.7 Å². The summed E-state index contributed by atoms with van der Waals surface area (Å²) in [6.07, 6.45) is -9.76. The number of aromatic nitrogens is 2. The molecule has 2 heterocycles. The van der Waals surface area contributed by atoms with Crippen molar-refractivity contribution in [3.05, 3.63) is 41.7 Å². The highest BCUT2D eigenvalue weighted by molar-refractivity contribution is 7.89. The van der Waals surface area contributed by atoms with Gasteiger partial charge in [0.15, 0.2) is 5.69 Å². The van der Waals surface area contributed by atoms with Crippen molar-refractivity contribution < 1.29 is 39.6 Å². The molecule has 1 aromatic carbocycles. The summed E-state index contributed by atoms with van der Waals surface area (Å²) in [6, 6.07) is 5.36. The molecular weight excluding hydrogens is 466 g/mol. The normalized spacial score (nSPS) is 16.8. The maximum atomic E-state index is 12.8. The zero-order valence-corrected chi connectivity index (χ0v) is 17.4. The van der Waals surface area contributed by atoms with E-state index < -0.39 is 39.9 Å². The van der Waals surface area contributed by atoms with Crippen molar-refractivity contribution >= 4 is 21.6 Å². The first kappa shape index (κ1) is 24.0. The number of alkyl halides is 6. The van der Waals surface area contributed by atoms with E-state index in [1.54, 1.807) is 0 Å². The van der Waals surface area contributed by atoms with Gasteiger partial charge in [-0.15, -0.1) is 0 Å². The summed E-state index contributed by atoms with van der Waals surface area (Å²) in [5.41, 5.74) is -1.48. The molecule has 3 rings (SSSR count). The van der Waals surface area contributed by atoms with E-state index in [9.17, 15) is 39.6 Å². The van der Waals surface area contributed by atoms with Crippen LogP contribution in [0.5, 0.6) is 0 Å². The number of hydrogen-bond donors (Lipinski definition) is 1. The number of carbonyl (C=O) groups is 1. The maximum Gasteiger partial charge on any atom is 0.435 e. The Hall–Kier alpha value is -2.61. The van der Waals surface area contributed by atoms with Gasteiger partial charge in [-0.3, -0.25) is 9.48 Å². The average molecular weight is 484 g/mol. The van der Waals surface area contributed by atoms with Gasteiger partial charge in [0.2, 0.25) is 10.0 Å². The van der Waals surface area contributed by atoms with Crippen molar-refractivity contribution in [1.82, 2.24) is 14.1 Å². The number of aryl methyl sites for hydroxylation is 1. The van der Waals surface area contributed by atoms with Crippen molar-refractivity contribution in [2.45, 2.75) is 30.1 Å². The number of anilines is 1. The third-order valence-electron chi connectivity index (χ3n) is 5.07. The van der Waals surface area contributed by atoms with E-state index in [-0.39, 0.29) is 42.2 Å². The second-order valence-corrected chi connectivity index (χ2v) is 9.17. The largest absolute Gasteiger partial charge is 0.435 e. The summed E-state index contributed by atoms with van der Waals surface area (Å²) < 4.78 is 104. The Morgan fingerprint density at radius 2 is 1.62 bits per heavy atom. The third kappa shape index (κ3) is 5.06. The van der Waals surface area contributed by atoms with E-state index >= 15 is 0 Å². The number of nitrogens with zero attached hydrogens (tertiary/aromatic N) is 3. The molecule has 14 heteroatoms. The van der Waals surface area contributed by atoms with E-state index in [2.05, 4.69) is 10.4 Å². The minimum Gasteiger partial charge on any atom is -0.321 e. The Morgan fingerprint density at radius 3 is 2.09 bits per heavy atom. The van der Waals surface area contributed by atoms with E-state index in [0.717, 1.165) is 21.1 Å². The minimum atomic E-state index is -4.72. The van der Waals surface area contributed by atoms with Crippen LogP contribution >= 0.6 is 0 Å². The molecule has 2 aromatic rings. The quantitative estimate of drug-likeness (QED) is 0.672. The maximum absolute atomic E-state index is 12.8. The molecule has 1 aromatic heterocycles. The number of halogens is 6. The Labute approximate surface area is 179 Å². The molecule has 0 bridgehead atoms. The highest BCUT2D eigenvalue weighted by atomic mass is 32.2. The van der Waals surface area contributed by atoms with Crippen LogP contribution in [0, 0.1) is 5.92 Å². The van der Waals surface area contributed by atoms with E-state index in [4.69, 9.17) is 0 Å². The predicted molar refractivity (Wildman–Crippen MR) is 100 cm³/mol. The van der Waals surface area contributed by atoms with Crippen LogP contribution in [0.1, 0.15) is 29.0 Å². The molecule has 0 spiro atoms.